The molecular weight excluding hydrogens is 256 g/mol. The van der Waals surface area contributed by atoms with Gasteiger partial charge < -0.3 is 4.57 Å². The molecule has 0 radical (unpaired) electrons. The second-order valence-electron chi connectivity index (χ2n) is 5.85. The SMILES string of the molecule is Cc1cccc([N+]2=Cc3c(c4ccccc4n3C)CC2)c1. The summed E-state index contributed by atoms with van der Waals surface area (Å²) in [7, 11) is 2.16. The van der Waals surface area contributed by atoms with Gasteiger partial charge in [0, 0.05) is 36.5 Å². The van der Waals surface area contributed by atoms with Crippen LogP contribution in [0.5, 0.6) is 0 Å². The van der Waals surface area contributed by atoms with Crippen LogP contribution in [-0.4, -0.2) is 21.9 Å². The van der Waals surface area contributed by atoms with Crippen molar-refractivity contribution in [3.63, 3.8) is 0 Å². The van der Waals surface area contributed by atoms with Gasteiger partial charge in [0.1, 0.15) is 5.69 Å². The molecule has 1 aliphatic rings. The number of nitrogens with zero attached hydrogens (tertiary/aromatic N) is 2. The quantitative estimate of drug-likeness (QED) is 0.597. The smallest absolute Gasteiger partial charge is 0.205 e. The van der Waals surface area contributed by atoms with Crippen molar-refractivity contribution in [1.82, 2.24) is 4.57 Å². The van der Waals surface area contributed by atoms with E-state index >= 15 is 0 Å². The number of rotatable bonds is 1. The van der Waals surface area contributed by atoms with E-state index in [9.17, 15) is 0 Å². The van der Waals surface area contributed by atoms with Gasteiger partial charge in [0.2, 0.25) is 5.69 Å². The molecule has 21 heavy (non-hydrogen) atoms. The molecule has 1 aromatic heterocycles. The van der Waals surface area contributed by atoms with Crippen LogP contribution in [0.3, 0.4) is 0 Å². The van der Waals surface area contributed by atoms with E-state index in [0.717, 1.165) is 13.0 Å². The molecule has 0 bridgehead atoms. The lowest BCUT2D eigenvalue weighted by Crippen LogP contribution is -2.19. The third-order valence-corrected chi connectivity index (χ3v) is 4.48. The third kappa shape index (κ3) is 1.90. The number of aryl methyl sites for hydroxylation is 2. The van der Waals surface area contributed by atoms with Gasteiger partial charge in [0.25, 0.3) is 0 Å². The molecule has 2 aromatic carbocycles. The molecule has 104 valence electrons. The maximum absolute atomic E-state index is 2.37. The molecule has 2 heterocycles. The number of hydrogen-bond donors (Lipinski definition) is 0. The standard InChI is InChI=1S/C19H19N2/c1-14-6-5-7-15(12-14)21-11-10-17-16-8-3-4-9-18(16)20(2)19(17)13-21/h3-9,12-13H,10-11H2,1-2H3/q+1. The van der Waals surface area contributed by atoms with Gasteiger partial charge >= 0.3 is 0 Å². The van der Waals surface area contributed by atoms with E-state index in [1.807, 2.05) is 0 Å². The second kappa shape index (κ2) is 4.59. The fourth-order valence-electron chi connectivity index (χ4n) is 3.37. The Bertz CT molecular complexity index is 868. The predicted octanol–water partition coefficient (Wildman–Crippen LogP) is 3.81. The largest absolute Gasteiger partial charge is 0.339 e. The molecule has 1 aliphatic heterocycles. The number of para-hydroxylation sites is 1. The van der Waals surface area contributed by atoms with E-state index in [4.69, 9.17) is 0 Å². The third-order valence-electron chi connectivity index (χ3n) is 4.48. The Balaban J connectivity index is 1.91. The molecule has 0 fully saturated rings. The average molecular weight is 275 g/mol. The Morgan fingerprint density at radius 1 is 1.05 bits per heavy atom. The molecule has 2 nitrogen and oxygen atoms in total. The second-order valence-corrected chi connectivity index (χ2v) is 5.85. The predicted molar refractivity (Wildman–Crippen MR) is 87.8 cm³/mol. The Labute approximate surface area is 125 Å². The van der Waals surface area contributed by atoms with Gasteiger partial charge in [-0.3, -0.25) is 0 Å². The minimum atomic E-state index is 1.05. The van der Waals surface area contributed by atoms with Gasteiger partial charge in [-0.2, -0.15) is 4.58 Å². The van der Waals surface area contributed by atoms with Crippen molar-refractivity contribution >= 4 is 22.8 Å². The Morgan fingerprint density at radius 2 is 1.90 bits per heavy atom. The highest BCUT2D eigenvalue weighted by Gasteiger charge is 2.23. The summed E-state index contributed by atoms with van der Waals surface area (Å²) in [6.45, 7) is 3.19. The molecule has 0 atom stereocenters. The first-order chi connectivity index (χ1) is 10.2. The summed E-state index contributed by atoms with van der Waals surface area (Å²) in [5, 5.41) is 1.40. The number of fused-ring (bicyclic) bond motifs is 3. The summed E-state index contributed by atoms with van der Waals surface area (Å²) in [5.74, 6) is 0. The van der Waals surface area contributed by atoms with E-state index in [2.05, 4.69) is 77.9 Å². The average Bonchev–Trinajstić information content (AvgIpc) is 2.81. The van der Waals surface area contributed by atoms with Gasteiger partial charge in [-0.15, -0.1) is 0 Å². The maximum Gasteiger partial charge on any atom is 0.205 e. The van der Waals surface area contributed by atoms with Crippen molar-refractivity contribution in [1.29, 1.82) is 0 Å². The fraction of sp³-hybridized carbons (Fsp3) is 0.211. The van der Waals surface area contributed by atoms with Crippen molar-refractivity contribution in [2.75, 3.05) is 6.54 Å². The van der Waals surface area contributed by atoms with Gasteiger partial charge in [-0.05, 0) is 24.1 Å². The molecule has 3 aromatic rings. The number of hydrogen-bond acceptors (Lipinski definition) is 0. The van der Waals surface area contributed by atoms with Crippen molar-refractivity contribution < 1.29 is 4.58 Å². The zero-order chi connectivity index (χ0) is 14.4. The van der Waals surface area contributed by atoms with E-state index in [0.29, 0.717) is 0 Å². The summed E-state index contributed by atoms with van der Waals surface area (Å²) in [6.07, 6.45) is 3.40. The van der Waals surface area contributed by atoms with E-state index in [1.54, 1.807) is 0 Å². The lowest BCUT2D eigenvalue weighted by molar-refractivity contribution is -0.436. The summed E-state index contributed by atoms with van der Waals surface area (Å²) in [5.41, 5.74) is 6.74. The molecule has 0 saturated carbocycles. The number of benzene rings is 2. The topological polar surface area (TPSA) is 7.94 Å². The van der Waals surface area contributed by atoms with Gasteiger partial charge in [0.05, 0.1) is 0 Å². The van der Waals surface area contributed by atoms with Crippen LogP contribution in [0.15, 0.2) is 48.5 Å². The van der Waals surface area contributed by atoms with Crippen LogP contribution < -0.4 is 0 Å². The first-order valence-corrected chi connectivity index (χ1v) is 7.48. The normalized spacial score (nSPS) is 14.1. The lowest BCUT2D eigenvalue weighted by Gasteiger charge is -2.10. The van der Waals surface area contributed by atoms with Crippen molar-refractivity contribution in [2.24, 2.45) is 7.05 Å². The van der Waals surface area contributed by atoms with Gasteiger partial charge in [-0.1, -0.05) is 30.3 Å². The van der Waals surface area contributed by atoms with Crippen molar-refractivity contribution in [2.45, 2.75) is 13.3 Å². The lowest BCUT2D eigenvalue weighted by atomic mass is 10.0. The van der Waals surface area contributed by atoms with Gasteiger partial charge in [0.15, 0.2) is 12.8 Å². The van der Waals surface area contributed by atoms with Crippen LogP contribution in [0.2, 0.25) is 0 Å². The van der Waals surface area contributed by atoms with Crippen LogP contribution in [0.1, 0.15) is 16.8 Å². The van der Waals surface area contributed by atoms with E-state index in [1.165, 1.54) is 33.4 Å². The monoisotopic (exact) mass is 275 g/mol. The first kappa shape index (κ1) is 12.4. The molecule has 0 saturated heterocycles. The molecule has 0 amide bonds. The molecular formula is C19H19N2+. The van der Waals surface area contributed by atoms with Crippen LogP contribution in [0.4, 0.5) is 5.69 Å². The zero-order valence-corrected chi connectivity index (χ0v) is 12.5. The molecule has 4 rings (SSSR count). The number of aromatic nitrogens is 1. The highest BCUT2D eigenvalue weighted by molar-refractivity contribution is 5.94. The maximum atomic E-state index is 2.37. The minimum absolute atomic E-state index is 1.05. The molecule has 0 aliphatic carbocycles. The van der Waals surface area contributed by atoms with E-state index in [-0.39, 0.29) is 0 Å². The Hall–Kier alpha value is -2.35. The Kier molecular flexibility index (Phi) is 2.71. The van der Waals surface area contributed by atoms with Crippen molar-refractivity contribution in [3.8, 4) is 0 Å². The summed E-state index contributed by atoms with van der Waals surface area (Å²) in [6, 6.07) is 17.4. The van der Waals surface area contributed by atoms with Gasteiger partial charge in [-0.25, -0.2) is 0 Å². The summed E-state index contributed by atoms with van der Waals surface area (Å²) < 4.78 is 4.68. The van der Waals surface area contributed by atoms with Crippen molar-refractivity contribution in [3.05, 3.63) is 65.4 Å². The Morgan fingerprint density at radius 3 is 2.76 bits per heavy atom. The first-order valence-electron chi connectivity index (χ1n) is 7.48. The zero-order valence-electron chi connectivity index (χ0n) is 12.5. The summed E-state index contributed by atoms with van der Waals surface area (Å²) in [4.78, 5) is 0. The fourth-order valence-corrected chi connectivity index (χ4v) is 3.37. The highest BCUT2D eigenvalue weighted by atomic mass is 15.0. The minimum Gasteiger partial charge on any atom is -0.339 e. The molecule has 2 heteroatoms. The molecule has 0 unspecified atom stereocenters. The van der Waals surface area contributed by atoms with Crippen LogP contribution >= 0.6 is 0 Å². The summed E-state index contributed by atoms with van der Waals surface area (Å²) >= 11 is 0. The van der Waals surface area contributed by atoms with Crippen LogP contribution in [-0.2, 0) is 13.5 Å². The van der Waals surface area contributed by atoms with Crippen LogP contribution in [0, 0.1) is 6.92 Å². The van der Waals surface area contributed by atoms with E-state index < -0.39 is 0 Å². The molecule has 0 spiro atoms. The van der Waals surface area contributed by atoms with Crippen LogP contribution in [0.25, 0.3) is 10.9 Å². The highest BCUT2D eigenvalue weighted by Crippen LogP contribution is 2.28. The molecule has 0 N–H and O–H groups in total.